The normalized spacial score (nSPS) is 20.4. The molecular weight excluding hydrogens is 266 g/mol. The van der Waals surface area contributed by atoms with Crippen molar-refractivity contribution in [2.24, 2.45) is 5.73 Å². The number of likely N-dealkylation sites (tertiary alicyclic amines) is 1. The Morgan fingerprint density at radius 2 is 2.05 bits per heavy atom. The van der Waals surface area contributed by atoms with E-state index < -0.39 is 5.91 Å². The van der Waals surface area contributed by atoms with Gasteiger partial charge in [0.05, 0.1) is 12.6 Å². The molecule has 21 heavy (non-hydrogen) atoms. The Labute approximate surface area is 128 Å². The fourth-order valence-corrected chi connectivity index (χ4v) is 3.21. The number of hydrogen-bond acceptors (Lipinski definition) is 3. The summed E-state index contributed by atoms with van der Waals surface area (Å²) >= 11 is 0. The van der Waals surface area contributed by atoms with Crippen LogP contribution in [-0.2, 0) is 9.59 Å². The van der Waals surface area contributed by atoms with Crippen molar-refractivity contribution < 1.29 is 9.59 Å². The molecule has 3 N–H and O–H groups in total. The fraction of sp³-hybridized carbons (Fsp3) is 0.875. The molecule has 0 aliphatic carbocycles. The lowest BCUT2D eigenvalue weighted by Gasteiger charge is -2.31. The highest BCUT2D eigenvalue weighted by molar-refractivity contribution is 5.86. The Kier molecular flexibility index (Phi) is 8.35. The number of nitrogens with zero attached hydrogens (tertiary/aromatic N) is 1. The molecule has 5 heteroatoms. The van der Waals surface area contributed by atoms with Gasteiger partial charge in [-0.1, -0.05) is 39.5 Å². The van der Waals surface area contributed by atoms with Crippen molar-refractivity contribution in [2.45, 2.75) is 77.3 Å². The van der Waals surface area contributed by atoms with Crippen LogP contribution in [0.1, 0.15) is 65.2 Å². The maximum Gasteiger partial charge on any atom is 0.237 e. The first kappa shape index (κ1) is 18.0. The molecule has 0 radical (unpaired) electrons. The Hall–Kier alpha value is -1.10. The van der Waals surface area contributed by atoms with Crippen LogP contribution in [0.15, 0.2) is 0 Å². The van der Waals surface area contributed by atoms with E-state index in [4.69, 9.17) is 5.73 Å². The summed E-state index contributed by atoms with van der Waals surface area (Å²) in [5, 5.41) is 2.65. The fourth-order valence-electron chi connectivity index (χ4n) is 3.21. The molecule has 5 nitrogen and oxygen atoms in total. The SMILES string of the molecule is CCCCCCC(CC)N1CCC[C@H]1C(=O)NCC(N)=O. The highest BCUT2D eigenvalue weighted by Gasteiger charge is 2.34. The number of nitrogens with two attached hydrogens (primary N) is 1. The average molecular weight is 297 g/mol. The first-order chi connectivity index (χ1) is 10.1. The molecule has 0 aromatic carbocycles. The third kappa shape index (κ3) is 6.04. The van der Waals surface area contributed by atoms with Crippen LogP contribution in [0.3, 0.4) is 0 Å². The summed E-state index contributed by atoms with van der Waals surface area (Å²) in [4.78, 5) is 25.3. The Morgan fingerprint density at radius 1 is 1.29 bits per heavy atom. The number of amides is 2. The predicted octanol–water partition coefficient (Wildman–Crippen LogP) is 1.80. The number of unbranched alkanes of at least 4 members (excludes halogenated alkanes) is 3. The minimum Gasteiger partial charge on any atom is -0.368 e. The number of hydrogen-bond donors (Lipinski definition) is 2. The molecule has 2 atom stereocenters. The van der Waals surface area contributed by atoms with E-state index in [1.807, 2.05) is 0 Å². The highest BCUT2D eigenvalue weighted by Crippen LogP contribution is 2.25. The van der Waals surface area contributed by atoms with E-state index >= 15 is 0 Å². The van der Waals surface area contributed by atoms with Crippen molar-refractivity contribution in [3.63, 3.8) is 0 Å². The van der Waals surface area contributed by atoms with Crippen molar-refractivity contribution in [2.75, 3.05) is 13.1 Å². The molecule has 1 unspecified atom stereocenters. The first-order valence-corrected chi connectivity index (χ1v) is 8.41. The van der Waals surface area contributed by atoms with E-state index in [1.54, 1.807) is 0 Å². The third-order valence-electron chi connectivity index (χ3n) is 4.36. The second kappa shape index (κ2) is 9.77. The van der Waals surface area contributed by atoms with Crippen LogP contribution < -0.4 is 11.1 Å². The summed E-state index contributed by atoms with van der Waals surface area (Å²) in [5.41, 5.74) is 5.09. The molecule has 1 heterocycles. The van der Waals surface area contributed by atoms with E-state index in [0.29, 0.717) is 6.04 Å². The van der Waals surface area contributed by atoms with Crippen LogP contribution in [0.5, 0.6) is 0 Å². The lowest BCUT2D eigenvalue weighted by atomic mass is 10.0. The molecular formula is C16H31N3O2. The van der Waals surface area contributed by atoms with Crippen LogP contribution in [0, 0.1) is 0 Å². The number of primary amides is 1. The lowest BCUT2D eigenvalue weighted by molar-refractivity contribution is -0.128. The molecule has 0 aromatic heterocycles. The predicted molar refractivity (Wildman–Crippen MR) is 84.8 cm³/mol. The van der Waals surface area contributed by atoms with Gasteiger partial charge >= 0.3 is 0 Å². The van der Waals surface area contributed by atoms with Gasteiger partial charge < -0.3 is 11.1 Å². The zero-order valence-corrected chi connectivity index (χ0v) is 13.6. The van der Waals surface area contributed by atoms with E-state index in [2.05, 4.69) is 24.1 Å². The maximum absolute atomic E-state index is 12.2. The molecule has 2 amide bonds. The van der Waals surface area contributed by atoms with E-state index in [9.17, 15) is 9.59 Å². The van der Waals surface area contributed by atoms with Gasteiger partial charge in [-0.05, 0) is 32.2 Å². The summed E-state index contributed by atoms with van der Waals surface area (Å²) in [6, 6.07) is 0.397. The standard InChI is InChI=1S/C16H31N3O2/c1-3-5-6-7-9-13(4-2)19-11-8-10-14(19)16(21)18-12-15(17)20/h13-14H,3-12H2,1-2H3,(H2,17,20)(H,18,21)/t13?,14-/m0/s1. The van der Waals surface area contributed by atoms with Gasteiger partial charge in [0.15, 0.2) is 0 Å². The number of carbonyl (C=O) groups is 2. The minimum atomic E-state index is -0.487. The largest absolute Gasteiger partial charge is 0.368 e. The molecule has 0 aromatic rings. The summed E-state index contributed by atoms with van der Waals surface area (Å²) in [5.74, 6) is -0.530. The van der Waals surface area contributed by atoms with Crippen LogP contribution in [0.25, 0.3) is 0 Å². The third-order valence-corrected chi connectivity index (χ3v) is 4.36. The first-order valence-electron chi connectivity index (χ1n) is 8.41. The van der Waals surface area contributed by atoms with E-state index in [-0.39, 0.29) is 18.5 Å². The number of rotatable bonds is 10. The van der Waals surface area contributed by atoms with Crippen LogP contribution >= 0.6 is 0 Å². The summed E-state index contributed by atoms with van der Waals surface area (Å²) in [7, 11) is 0. The summed E-state index contributed by atoms with van der Waals surface area (Å²) in [6.45, 7) is 5.34. The number of nitrogens with one attached hydrogen (secondary N) is 1. The van der Waals surface area contributed by atoms with Gasteiger partial charge in [-0.3, -0.25) is 14.5 Å². The van der Waals surface area contributed by atoms with Gasteiger partial charge in [0, 0.05) is 6.04 Å². The maximum atomic E-state index is 12.2. The molecule has 1 aliphatic heterocycles. The van der Waals surface area contributed by atoms with Gasteiger partial charge in [0.25, 0.3) is 0 Å². The van der Waals surface area contributed by atoms with Gasteiger partial charge in [-0.2, -0.15) is 0 Å². The lowest BCUT2D eigenvalue weighted by Crippen LogP contribution is -2.49. The Morgan fingerprint density at radius 3 is 2.67 bits per heavy atom. The second-order valence-electron chi connectivity index (χ2n) is 5.99. The quantitative estimate of drug-likeness (QED) is 0.604. The topological polar surface area (TPSA) is 75.4 Å². The molecule has 1 aliphatic rings. The number of carbonyl (C=O) groups excluding carboxylic acids is 2. The van der Waals surface area contributed by atoms with Crippen LogP contribution in [0.4, 0.5) is 0 Å². The molecule has 1 saturated heterocycles. The van der Waals surface area contributed by atoms with Crippen molar-refractivity contribution in [3.8, 4) is 0 Å². The van der Waals surface area contributed by atoms with Crippen molar-refractivity contribution in [1.82, 2.24) is 10.2 Å². The van der Waals surface area contributed by atoms with Gasteiger partial charge in [0.1, 0.15) is 0 Å². The van der Waals surface area contributed by atoms with E-state index in [1.165, 1.54) is 25.7 Å². The molecule has 122 valence electrons. The summed E-state index contributed by atoms with van der Waals surface area (Å²) in [6.07, 6.45) is 9.23. The molecule has 0 bridgehead atoms. The zero-order chi connectivity index (χ0) is 15.7. The minimum absolute atomic E-state index is 0.0432. The van der Waals surface area contributed by atoms with E-state index in [0.717, 1.165) is 32.2 Å². The zero-order valence-electron chi connectivity index (χ0n) is 13.6. The average Bonchev–Trinajstić information content (AvgIpc) is 2.94. The van der Waals surface area contributed by atoms with Gasteiger partial charge in [-0.25, -0.2) is 0 Å². The van der Waals surface area contributed by atoms with Crippen LogP contribution in [-0.4, -0.2) is 41.9 Å². The molecule has 1 rings (SSSR count). The van der Waals surface area contributed by atoms with Gasteiger partial charge in [0.2, 0.25) is 11.8 Å². The summed E-state index contributed by atoms with van der Waals surface area (Å²) < 4.78 is 0. The molecule has 0 spiro atoms. The van der Waals surface area contributed by atoms with Crippen molar-refractivity contribution in [3.05, 3.63) is 0 Å². The Balaban J connectivity index is 2.48. The smallest absolute Gasteiger partial charge is 0.237 e. The second-order valence-corrected chi connectivity index (χ2v) is 5.99. The van der Waals surface area contributed by atoms with Crippen molar-refractivity contribution in [1.29, 1.82) is 0 Å². The molecule has 0 saturated carbocycles. The molecule has 1 fully saturated rings. The van der Waals surface area contributed by atoms with Crippen molar-refractivity contribution >= 4 is 11.8 Å². The van der Waals surface area contributed by atoms with Crippen LogP contribution in [0.2, 0.25) is 0 Å². The Bertz CT molecular complexity index is 333. The monoisotopic (exact) mass is 297 g/mol. The highest BCUT2D eigenvalue weighted by atomic mass is 16.2. The van der Waals surface area contributed by atoms with Gasteiger partial charge in [-0.15, -0.1) is 0 Å².